The molecule has 0 aliphatic heterocycles. The summed E-state index contributed by atoms with van der Waals surface area (Å²) < 4.78 is 51.4. The van der Waals surface area contributed by atoms with Crippen LogP contribution >= 0.6 is 0 Å². The number of carbonyl (C=O) groups excluding carboxylic acids is 1. The maximum atomic E-state index is 13.9. The molecule has 2 nitrogen and oxygen atoms in total. The van der Waals surface area contributed by atoms with Crippen molar-refractivity contribution in [3.8, 4) is 0 Å². The molecular formula is C14H17F4NO. The Hall–Kier alpha value is -1.59. The van der Waals surface area contributed by atoms with E-state index in [-0.39, 0.29) is 23.6 Å². The second-order valence-electron chi connectivity index (χ2n) is 5.13. The molecule has 1 aromatic rings. The zero-order valence-corrected chi connectivity index (χ0v) is 11.6. The van der Waals surface area contributed by atoms with Gasteiger partial charge < -0.3 is 4.90 Å². The van der Waals surface area contributed by atoms with Crippen LogP contribution < -0.4 is 0 Å². The summed E-state index contributed by atoms with van der Waals surface area (Å²) in [7, 11) is 0. The molecule has 1 amide bonds. The number of halogens is 4. The number of hydrogen-bond acceptors (Lipinski definition) is 1. The van der Waals surface area contributed by atoms with Crippen molar-refractivity contribution in [3.63, 3.8) is 0 Å². The third kappa shape index (κ3) is 4.51. The van der Waals surface area contributed by atoms with Crippen LogP contribution in [-0.2, 0) is 0 Å². The highest BCUT2D eigenvalue weighted by Crippen LogP contribution is 2.21. The predicted molar refractivity (Wildman–Crippen MR) is 67.9 cm³/mol. The molecule has 0 radical (unpaired) electrons. The Morgan fingerprint density at radius 2 is 1.90 bits per heavy atom. The van der Waals surface area contributed by atoms with E-state index in [1.54, 1.807) is 13.8 Å². The maximum Gasteiger partial charge on any atom is 0.406 e. The van der Waals surface area contributed by atoms with E-state index in [1.165, 1.54) is 25.1 Å². The minimum Gasteiger partial charge on any atom is -0.329 e. The summed E-state index contributed by atoms with van der Waals surface area (Å²) in [4.78, 5) is 12.8. The molecule has 0 heterocycles. The fourth-order valence-corrected chi connectivity index (χ4v) is 1.86. The first-order chi connectivity index (χ1) is 9.11. The minimum absolute atomic E-state index is 0.0777. The molecule has 0 aromatic heterocycles. The quantitative estimate of drug-likeness (QED) is 0.773. The highest BCUT2D eigenvalue weighted by Gasteiger charge is 2.34. The molecular weight excluding hydrogens is 274 g/mol. The smallest absolute Gasteiger partial charge is 0.329 e. The third-order valence-corrected chi connectivity index (χ3v) is 2.67. The summed E-state index contributed by atoms with van der Waals surface area (Å²) in [6.07, 6.45) is -4.51. The molecule has 20 heavy (non-hydrogen) atoms. The van der Waals surface area contributed by atoms with Gasteiger partial charge in [-0.15, -0.1) is 0 Å². The Morgan fingerprint density at radius 3 is 2.40 bits per heavy atom. The number of alkyl halides is 3. The summed E-state index contributed by atoms with van der Waals surface area (Å²) in [6.45, 7) is 3.40. The Bertz CT molecular complexity index is 483. The van der Waals surface area contributed by atoms with E-state index >= 15 is 0 Å². The van der Waals surface area contributed by atoms with Crippen molar-refractivity contribution in [2.45, 2.75) is 26.9 Å². The Morgan fingerprint density at radius 1 is 1.30 bits per heavy atom. The van der Waals surface area contributed by atoms with E-state index in [4.69, 9.17) is 0 Å². The summed E-state index contributed by atoms with van der Waals surface area (Å²) in [5.74, 6) is -1.85. The molecule has 1 aromatic carbocycles. The van der Waals surface area contributed by atoms with Gasteiger partial charge in [-0.1, -0.05) is 26.0 Å². The van der Waals surface area contributed by atoms with Crippen LogP contribution in [0.3, 0.4) is 0 Å². The van der Waals surface area contributed by atoms with Gasteiger partial charge in [0.25, 0.3) is 5.91 Å². The topological polar surface area (TPSA) is 20.3 Å². The number of benzene rings is 1. The fraction of sp³-hybridized carbons (Fsp3) is 0.500. The van der Waals surface area contributed by atoms with Crippen LogP contribution in [-0.4, -0.2) is 30.1 Å². The summed E-state index contributed by atoms with van der Waals surface area (Å²) in [5.41, 5.74) is -0.0951. The molecule has 0 atom stereocenters. The van der Waals surface area contributed by atoms with Gasteiger partial charge in [0.2, 0.25) is 0 Å². The molecule has 0 saturated heterocycles. The van der Waals surface area contributed by atoms with E-state index in [9.17, 15) is 22.4 Å². The second-order valence-corrected chi connectivity index (χ2v) is 5.13. The molecule has 1 rings (SSSR count). The number of carbonyl (C=O) groups is 1. The van der Waals surface area contributed by atoms with Crippen LogP contribution in [0.5, 0.6) is 0 Å². The van der Waals surface area contributed by atoms with Gasteiger partial charge in [-0.25, -0.2) is 4.39 Å². The standard InChI is InChI=1S/C14H17F4NO/c1-9(2)7-19(8-14(16,17)18)13(20)11-6-4-5-10(3)12(11)15/h4-6,9H,7-8H2,1-3H3. The van der Waals surface area contributed by atoms with Crippen LogP contribution in [0.15, 0.2) is 18.2 Å². The lowest BCUT2D eigenvalue weighted by Gasteiger charge is -2.26. The van der Waals surface area contributed by atoms with E-state index in [0.29, 0.717) is 4.90 Å². The van der Waals surface area contributed by atoms with Crippen molar-refractivity contribution in [2.24, 2.45) is 5.92 Å². The van der Waals surface area contributed by atoms with Crippen molar-refractivity contribution in [2.75, 3.05) is 13.1 Å². The highest BCUT2D eigenvalue weighted by molar-refractivity contribution is 5.94. The largest absolute Gasteiger partial charge is 0.406 e. The van der Waals surface area contributed by atoms with E-state index in [1.807, 2.05) is 0 Å². The van der Waals surface area contributed by atoms with Gasteiger partial charge in [0.15, 0.2) is 0 Å². The van der Waals surface area contributed by atoms with Crippen molar-refractivity contribution >= 4 is 5.91 Å². The van der Waals surface area contributed by atoms with Crippen molar-refractivity contribution in [1.82, 2.24) is 4.90 Å². The van der Waals surface area contributed by atoms with Crippen molar-refractivity contribution in [1.29, 1.82) is 0 Å². The first-order valence-corrected chi connectivity index (χ1v) is 6.23. The molecule has 0 aliphatic carbocycles. The van der Waals surface area contributed by atoms with Gasteiger partial charge in [-0.05, 0) is 24.5 Å². The van der Waals surface area contributed by atoms with Crippen LogP contribution in [0.2, 0.25) is 0 Å². The first kappa shape index (κ1) is 16.5. The summed E-state index contributed by atoms with van der Waals surface area (Å²) >= 11 is 0. The van der Waals surface area contributed by atoms with Crippen molar-refractivity contribution < 1.29 is 22.4 Å². The van der Waals surface area contributed by atoms with Gasteiger partial charge in [-0.3, -0.25) is 4.79 Å². The van der Waals surface area contributed by atoms with Crippen LogP contribution in [0.1, 0.15) is 29.8 Å². The molecule has 0 unspecified atom stereocenters. The lowest BCUT2D eigenvalue weighted by atomic mass is 10.1. The lowest BCUT2D eigenvalue weighted by Crippen LogP contribution is -2.41. The number of hydrogen-bond donors (Lipinski definition) is 0. The van der Waals surface area contributed by atoms with Gasteiger partial charge >= 0.3 is 6.18 Å². The van der Waals surface area contributed by atoms with Gasteiger partial charge in [-0.2, -0.15) is 13.2 Å². The zero-order valence-electron chi connectivity index (χ0n) is 11.6. The average molecular weight is 291 g/mol. The second kappa shape index (κ2) is 6.24. The molecule has 0 aliphatic rings. The summed E-state index contributed by atoms with van der Waals surface area (Å²) in [5, 5.41) is 0. The molecule has 0 fully saturated rings. The fourth-order valence-electron chi connectivity index (χ4n) is 1.86. The lowest BCUT2D eigenvalue weighted by molar-refractivity contribution is -0.141. The number of aryl methyl sites for hydroxylation is 1. The van der Waals surface area contributed by atoms with Crippen LogP contribution in [0.25, 0.3) is 0 Å². The molecule has 0 spiro atoms. The van der Waals surface area contributed by atoms with E-state index < -0.39 is 24.4 Å². The number of rotatable bonds is 4. The highest BCUT2D eigenvalue weighted by atomic mass is 19.4. The minimum atomic E-state index is -4.51. The van der Waals surface area contributed by atoms with Gasteiger partial charge in [0.05, 0.1) is 5.56 Å². The van der Waals surface area contributed by atoms with Crippen LogP contribution in [0, 0.1) is 18.7 Å². The van der Waals surface area contributed by atoms with Crippen LogP contribution in [0.4, 0.5) is 17.6 Å². The van der Waals surface area contributed by atoms with Gasteiger partial charge in [0, 0.05) is 6.54 Å². The monoisotopic (exact) mass is 291 g/mol. The predicted octanol–water partition coefficient (Wildman–Crippen LogP) is 3.79. The Labute approximate surface area is 115 Å². The first-order valence-electron chi connectivity index (χ1n) is 6.23. The Balaban J connectivity index is 3.06. The number of amides is 1. The molecule has 0 saturated carbocycles. The van der Waals surface area contributed by atoms with Gasteiger partial charge in [0.1, 0.15) is 12.4 Å². The van der Waals surface area contributed by atoms with Crippen molar-refractivity contribution in [3.05, 3.63) is 35.1 Å². The number of nitrogens with zero attached hydrogens (tertiary/aromatic N) is 1. The molecule has 112 valence electrons. The maximum absolute atomic E-state index is 13.9. The molecule has 6 heteroatoms. The van der Waals surface area contributed by atoms with E-state index in [2.05, 4.69) is 0 Å². The normalized spacial score (nSPS) is 11.8. The third-order valence-electron chi connectivity index (χ3n) is 2.67. The van der Waals surface area contributed by atoms with E-state index in [0.717, 1.165) is 0 Å². The average Bonchev–Trinajstić information content (AvgIpc) is 2.28. The molecule has 0 bridgehead atoms. The SMILES string of the molecule is Cc1cccc(C(=O)N(CC(C)C)CC(F)(F)F)c1F. The summed E-state index contributed by atoms with van der Waals surface area (Å²) in [6, 6.07) is 4.11. The zero-order chi connectivity index (χ0) is 15.5. The Kier molecular flexibility index (Phi) is 5.14. The molecule has 0 N–H and O–H groups in total.